The smallest absolute Gasteiger partial charge is 0.271 e. The van der Waals surface area contributed by atoms with Gasteiger partial charge in [0.1, 0.15) is 10.6 Å². The number of sulfonamides is 1. The lowest BCUT2D eigenvalue weighted by Crippen LogP contribution is -2.36. The number of nitrogens with zero attached hydrogens (tertiary/aromatic N) is 3. The molecule has 0 radical (unpaired) electrons. The van der Waals surface area contributed by atoms with E-state index in [4.69, 9.17) is 4.74 Å². The van der Waals surface area contributed by atoms with E-state index >= 15 is 0 Å². The Labute approximate surface area is 159 Å². The monoisotopic (exact) mass is 393 g/mol. The van der Waals surface area contributed by atoms with Crippen molar-refractivity contribution in [2.45, 2.75) is 11.4 Å². The third-order valence-electron chi connectivity index (χ3n) is 3.97. The summed E-state index contributed by atoms with van der Waals surface area (Å²) >= 11 is 0. The van der Waals surface area contributed by atoms with Crippen LogP contribution in [0.3, 0.4) is 0 Å². The van der Waals surface area contributed by atoms with E-state index in [0.717, 1.165) is 11.6 Å². The molecular formula is C18H23N3O5S. The maximum absolute atomic E-state index is 13.3. The van der Waals surface area contributed by atoms with Crippen LogP contribution < -0.4 is 4.74 Å². The SMILES string of the molecule is COc1ccc([N+](=O)[O-])cc1S(=O)(=O)N(CCN(C)C)Cc1ccccc1. The Morgan fingerprint density at radius 2 is 1.74 bits per heavy atom. The fourth-order valence-corrected chi connectivity index (χ4v) is 4.10. The minimum atomic E-state index is -4.02. The van der Waals surface area contributed by atoms with Gasteiger partial charge in [-0.15, -0.1) is 0 Å². The second-order valence-corrected chi connectivity index (χ2v) is 8.13. The van der Waals surface area contributed by atoms with Gasteiger partial charge in [-0.05, 0) is 25.7 Å². The second kappa shape index (κ2) is 8.94. The van der Waals surface area contributed by atoms with Crippen molar-refractivity contribution in [1.82, 2.24) is 9.21 Å². The highest BCUT2D eigenvalue weighted by molar-refractivity contribution is 7.89. The minimum Gasteiger partial charge on any atom is -0.495 e. The van der Waals surface area contributed by atoms with Crippen LogP contribution >= 0.6 is 0 Å². The van der Waals surface area contributed by atoms with Crippen LogP contribution in [0.15, 0.2) is 53.4 Å². The molecule has 2 rings (SSSR count). The van der Waals surface area contributed by atoms with Gasteiger partial charge in [-0.2, -0.15) is 4.31 Å². The summed E-state index contributed by atoms with van der Waals surface area (Å²) in [5.41, 5.74) is 0.519. The molecule has 8 nitrogen and oxygen atoms in total. The third-order valence-corrected chi connectivity index (χ3v) is 5.84. The van der Waals surface area contributed by atoms with Crippen LogP contribution in [-0.4, -0.2) is 56.8 Å². The first-order valence-corrected chi connectivity index (χ1v) is 9.71. The summed E-state index contributed by atoms with van der Waals surface area (Å²) in [7, 11) is 1.02. The van der Waals surface area contributed by atoms with Crippen molar-refractivity contribution < 1.29 is 18.1 Å². The molecule has 0 bridgehead atoms. The molecule has 0 unspecified atom stereocenters. The van der Waals surface area contributed by atoms with Crippen molar-refractivity contribution in [3.05, 3.63) is 64.2 Å². The number of nitro benzene ring substituents is 1. The number of likely N-dealkylation sites (N-methyl/N-ethyl adjacent to an activating group) is 1. The van der Waals surface area contributed by atoms with Crippen molar-refractivity contribution >= 4 is 15.7 Å². The quantitative estimate of drug-likeness (QED) is 0.480. The van der Waals surface area contributed by atoms with E-state index in [0.29, 0.717) is 6.54 Å². The summed E-state index contributed by atoms with van der Waals surface area (Å²) in [5, 5.41) is 11.1. The second-order valence-electron chi connectivity index (χ2n) is 6.22. The number of nitro groups is 1. The predicted octanol–water partition coefficient (Wildman–Crippen LogP) is 2.36. The van der Waals surface area contributed by atoms with Gasteiger partial charge in [-0.1, -0.05) is 30.3 Å². The number of benzene rings is 2. The topological polar surface area (TPSA) is 93.0 Å². The fourth-order valence-electron chi connectivity index (χ4n) is 2.50. The zero-order chi connectivity index (χ0) is 20.0. The van der Waals surface area contributed by atoms with E-state index in [1.165, 1.54) is 23.5 Å². The van der Waals surface area contributed by atoms with E-state index in [9.17, 15) is 18.5 Å². The van der Waals surface area contributed by atoms with Crippen LogP contribution in [0.25, 0.3) is 0 Å². The maximum Gasteiger partial charge on any atom is 0.271 e. The number of rotatable bonds is 9. The molecule has 0 aromatic heterocycles. The van der Waals surface area contributed by atoms with Gasteiger partial charge in [0.25, 0.3) is 5.69 Å². The van der Waals surface area contributed by atoms with Gasteiger partial charge in [-0.25, -0.2) is 8.42 Å². The zero-order valence-corrected chi connectivity index (χ0v) is 16.3. The lowest BCUT2D eigenvalue weighted by atomic mass is 10.2. The first-order valence-electron chi connectivity index (χ1n) is 8.27. The van der Waals surface area contributed by atoms with E-state index < -0.39 is 14.9 Å². The van der Waals surface area contributed by atoms with Crippen LogP contribution in [0.1, 0.15) is 5.56 Å². The highest BCUT2D eigenvalue weighted by atomic mass is 32.2. The number of hydrogen-bond donors (Lipinski definition) is 0. The largest absolute Gasteiger partial charge is 0.495 e. The molecule has 0 saturated carbocycles. The maximum atomic E-state index is 13.3. The number of ether oxygens (including phenoxy) is 1. The molecule has 0 spiro atoms. The van der Waals surface area contributed by atoms with Gasteiger partial charge in [0.05, 0.1) is 12.0 Å². The first kappa shape index (κ1) is 20.8. The Balaban J connectivity index is 2.48. The fraction of sp³-hybridized carbons (Fsp3) is 0.333. The molecule has 0 aliphatic heterocycles. The lowest BCUT2D eigenvalue weighted by Gasteiger charge is -2.24. The van der Waals surface area contributed by atoms with Crippen molar-refractivity contribution in [2.75, 3.05) is 34.3 Å². The lowest BCUT2D eigenvalue weighted by molar-refractivity contribution is -0.385. The molecule has 9 heteroatoms. The molecule has 0 atom stereocenters. The first-order chi connectivity index (χ1) is 12.8. The van der Waals surface area contributed by atoms with Crippen LogP contribution in [-0.2, 0) is 16.6 Å². The predicted molar refractivity (Wildman–Crippen MR) is 102 cm³/mol. The van der Waals surface area contributed by atoms with Gasteiger partial charge in [0.2, 0.25) is 10.0 Å². The summed E-state index contributed by atoms with van der Waals surface area (Å²) in [4.78, 5) is 12.1. The summed E-state index contributed by atoms with van der Waals surface area (Å²) in [6.07, 6.45) is 0. The average molecular weight is 393 g/mol. The molecule has 0 heterocycles. The van der Waals surface area contributed by atoms with Crippen LogP contribution in [0.4, 0.5) is 5.69 Å². The number of methoxy groups -OCH3 is 1. The average Bonchev–Trinajstić information content (AvgIpc) is 2.65. The number of hydrogen-bond acceptors (Lipinski definition) is 6. The molecule has 2 aromatic rings. The van der Waals surface area contributed by atoms with Gasteiger partial charge >= 0.3 is 0 Å². The highest BCUT2D eigenvalue weighted by Gasteiger charge is 2.29. The standard InChI is InChI=1S/C18H23N3O5S/c1-19(2)11-12-20(14-15-7-5-4-6-8-15)27(24,25)18-13-16(21(22)23)9-10-17(18)26-3/h4-10,13H,11-12,14H2,1-3H3. The van der Waals surface area contributed by atoms with E-state index in [2.05, 4.69) is 0 Å². The normalized spacial score (nSPS) is 11.7. The molecule has 0 aliphatic carbocycles. The van der Waals surface area contributed by atoms with Crippen molar-refractivity contribution in [3.8, 4) is 5.75 Å². The van der Waals surface area contributed by atoms with E-state index in [1.54, 1.807) is 0 Å². The van der Waals surface area contributed by atoms with Gasteiger partial charge in [-0.3, -0.25) is 10.1 Å². The molecular weight excluding hydrogens is 370 g/mol. The van der Waals surface area contributed by atoms with E-state index in [1.807, 2.05) is 49.3 Å². The molecule has 0 saturated heterocycles. The highest BCUT2D eigenvalue weighted by Crippen LogP contribution is 2.31. The summed E-state index contributed by atoms with van der Waals surface area (Å²) in [6, 6.07) is 12.8. The molecule has 146 valence electrons. The Bertz CT molecular complexity index is 885. The van der Waals surface area contributed by atoms with Crippen LogP contribution in [0.2, 0.25) is 0 Å². The minimum absolute atomic E-state index is 0.0727. The Morgan fingerprint density at radius 3 is 2.30 bits per heavy atom. The zero-order valence-electron chi connectivity index (χ0n) is 15.5. The van der Waals surface area contributed by atoms with Crippen molar-refractivity contribution in [1.29, 1.82) is 0 Å². The van der Waals surface area contributed by atoms with Crippen LogP contribution in [0, 0.1) is 10.1 Å². The van der Waals surface area contributed by atoms with Crippen LogP contribution in [0.5, 0.6) is 5.75 Å². The Hall–Kier alpha value is -2.49. The molecule has 0 N–H and O–H groups in total. The van der Waals surface area contributed by atoms with Gasteiger partial charge in [0, 0.05) is 31.8 Å². The molecule has 0 amide bonds. The molecule has 0 aliphatic rings. The molecule has 2 aromatic carbocycles. The van der Waals surface area contributed by atoms with Crippen molar-refractivity contribution in [3.63, 3.8) is 0 Å². The van der Waals surface area contributed by atoms with Gasteiger partial charge < -0.3 is 9.64 Å². The molecule has 27 heavy (non-hydrogen) atoms. The molecule has 0 fully saturated rings. The summed E-state index contributed by atoms with van der Waals surface area (Å²) in [5.74, 6) is 0.0727. The number of non-ortho nitro benzene ring substituents is 1. The van der Waals surface area contributed by atoms with Crippen molar-refractivity contribution in [2.24, 2.45) is 0 Å². The summed E-state index contributed by atoms with van der Waals surface area (Å²) < 4.78 is 33.1. The van der Waals surface area contributed by atoms with Gasteiger partial charge in [0.15, 0.2) is 0 Å². The summed E-state index contributed by atoms with van der Waals surface area (Å²) in [6.45, 7) is 0.891. The Kier molecular flexibility index (Phi) is 6.89. The third kappa shape index (κ3) is 5.25. The van der Waals surface area contributed by atoms with E-state index in [-0.39, 0.29) is 29.4 Å². The Morgan fingerprint density at radius 1 is 1.07 bits per heavy atom.